The van der Waals surface area contributed by atoms with Crippen LogP contribution in [0.1, 0.15) is 38.7 Å². The molecule has 108 valence electrons. The molecule has 1 amide bonds. The summed E-state index contributed by atoms with van der Waals surface area (Å²) in [4.78, 5) is 18.3. The third kappa shape index (κ3) is 2.26. The van der Waals surface area contributed by atoms with Crippen molar-refractivity contribution in [2.75, 3.05) is 11.5 Å². The van der Waals surface area contributed by atoms with Crippen LogP contribution in [-0.4, -0.2) is 34.2 Å². The summed E-state index contributed by atoms with van der Waals surface area (Å²) >= 11 is 0. The first-order valence-corrected chi connectivity index (χ1v) is 7.16. The molecule has 5 nitrogen and oxygen atoms in total. The minimum absolute atomic E-state index is 0.0700. The lowest BCUT2D eigenvalue weighted by atomic mass is 9.76. The molecule has 0 atom stereocenters. The normalized spacial score (nSPS) is 28.2. The molecule has 5 heteroatoms. The Labute approximate surface area is 118 Å². The van der Waals surface area contributed by atoms with Crippen molar-refractivity contribution in [3.63, 3.8) is 0 Å². The van der Waals surface area contributed by atoms with E-state index in [0.29, 0.717) is 25.9 Å². The molecule has 2 heterocycles. The molecule has 0 saturated heterocycles. The second kappa shape index (κ2) is 4.74. The Bertz CT molecular complexity index is 534. The van der Waals surface area contributed by atoms with Crippen LogP contribution in [0.2, 0.25) is 0 Å². The van der Waals surface area contributed by atoms with Gasteiger partial charge in [0, 0.05) is 11.6 Å². The fraction of sp³-hybridized carbons (Fsp3) is 0.600. The van der Waals surface area contributed by atoms with Gasteiger partial charge in [0.2, 0.25) is 5.91 Å². The molecule has 1 aliphatic heterocycles. The number of nitrogens with zero attached hydrogens (tertiary/aromatic N) is 2. The SMILES string of the molecule is CCCOc1cnc2c(c1)CC(=O)N2C1CC(C)(O)C1. The molecule has 1 aromatic rings. The molecular formula is C15H20N2O3. The van der Waals surface area contributed by atoms with Crippen molar-refractivity contribution in [2.24, 2.45) is 0 Å². The van der Waals surface area contributed by atoms with Gasteiger partial charge in [0.15, 0.2) is 0 Å². The van der Waals surface area contributed by atoms with Crippen molar-refractivity contribution >= 4 is 11.7 Å². The summed E-state index contributed by atoms with van der Waals surface area (Å²) in [7, 11) is 0. The predicted octanol–water partition coefficient (Wildman–Crippen LogP) is 1.67. The number of hydrogen-bond acceptors (Lipinski definition) is 4. The highest BCUT2D eigenvalue weighted by Gasteiger charge is 2.46. The van der Waals surface area contributed by atoms with Gasteiger partial charge in [-0.2, -0.15) is 0 Å². The number of carbonyl (C=O) groups excluding carboxylic acids is 1. The summed E-state index contributed by atoms with van der Waals surface area (Å²) in [5.41, 5.74) is 0.285. The van der Waals surface area contributed by atoms with E-state index in [9.17, 15) is 9.90 Å². The minimum Gasteiger partial charge on any atom is -0.492 e. The number of aromatic nitrogens is 1. The maximum atomic E-state index is 12.2. The van der Waals surface area contributed by atoms with E-state index in [0.717, 1.165) is 23.6 Å². The average molecular weight is 276 g/mol. The third-order valence-corrected chi connectivity index (χ3v) is 3.95. The van der Waals surface area contributed by atoms with Crippen LogP contribution >= 0.6 is 0 Å². The number of rotatable bonds is 4. The van der Waals surface area contributed by atoms with Crippen LogP contribution in [0.25, 0.3) is 0 Å². The first kappa shape index (κ1) is 13.4. The summed E-state index contributed by atoms with van der Waals surface area (Å²) < 4.78 is 5.55. The Kier molecular flexibility index (Phi) is 3.17. The number of pyridine rings is 1. The largest absolute Gasteiger partial charge is 0.492 e. The average Bonchev–Trinajstić information content (AvgIpc) is 2.68. The third-order valence-electron chi connectivity index (χ3n) is 3.95. The van der Waals surface area contributed by atoms with Gasteiger partial charge in [-0.15, -0.1) is 0 Å². The zero-order chi connectivity index (χ0) is 14.3. The number of anilines is 1. The first-order chi connectivity index (χ1) is 9.50. The van der Waals surface area contributed by atoms with Crippen molar-refractivity contribution in [3.05, 3.63) is 17.8 Å². The Balaban J connectivity index is 1.79. The fourth-order valence-electron chi connectivity index (χ4n) is 3.01. The molecule has 1 fully saturated rings. The predicted molar refractivity (Wildman–Crippen MR) is 74.9 cm³/mol. The smallest absolute Gasteiger partial charge is 0.232 e. The molecule has 1 saturated carbocycles. The lowest BCUT2D eigenvalue weighted by Crippen LogP contribution is -2.55. The summed E-state index contributed by atoms with van der Waals surface area (Å²) in [6.45, 7) is 4.51. The van der Waals surface area contributed by atoms with Crippen LogP contribution < -0.4 is 9.64 Å². The van der Waals surface area contributed by atoms with Crippen LogP contribution in [0.15, 0.2) is 12.3 Å². The lowest BCUT2D eigenvalue weighted by molar-refractivity contribution is -0.119. The molecule has 1 aliphatic carbocycles. The van der Waals surface area contributed by atoms with Gasteiger partial charge in [-0.3, -0.25) is 9.69 Å². The molecule has 0 bridgehead atoms. The van der Waals surface area contributed by atoms with Gasteiger partial charge in [-0.05, 0) is 32.3 Å². The minimum atomic E-state index is -0.641. The number of amides is 1. The van der Waals surface area contributed by atoms with E-state index in [4.69, 9.17) is 4.74 Å². The van der Waals surface area contributed by atoms with Crippen molar-refractivity contribution in [3.8, 4) is 5.75 Å². The molecule has 0 radical (unpaired) electrons. The summed E-state index contributed by atoms with van der Waals surface area (Å²) in [6.07, 6.45) is 4.24. The van der Waals surface area contributed by atoms with Gasteiger partial charge < -0.3 is 9.84 Å². The van der Waals surface area contributed by atoms with Crippen LogP contribution in [0.4, 0.5) is 5.82 Å². The van der Waals surface area contributed by atoms with Crippen LogP contribution in [0, 0.1) is 0 Å². The molecule has 20 heavy (non-hydrogen) atoms. The fourth-order valence-corrected chi connectivity index (χ4v) is 3.01. The van der Waals surface area contributed by atoms with Crippen molar-refractivity contribution in [2.45, 2.75) is 51.2 Å². The van der Waals surface area contributed by atoms with Gasteiger partial charge >= 0.3 is 0 Å². The molecule has 0 aromatic carbocycles. The van der Waals surface area contributed by atoms with Gasteiger partial charge in [0.1, 0.15) is 11.6 Å². The lowest BCUT2D eigenvalue weighted by Gasteiger charge is -2.45. The Morgan fingerprint density at radius 3 is 2.95 bits per heavy atom. The first-order valence-electron chi connectivity index (χ1n) is 7.16. The molecule has 1 N–H and O–H groups in total. The van der Waals surface area contributed by atoms with Crippen molar-refractivity contribution in [1.82, 2.24) is 4.98 Å². The summed E-state index contributed by atoms with van der Waals surface area (Å²) in [5, 5.41) is 9.84. The number of ether oxygens (including phenoxy) is 1. The standard InChI is InChI=1S/C15H20N2O3/c1-3-4-20-12-5-10-6-13(18)17(14(10)16-9-12)11-7-15(2,19)8-11/h5,9,11,19H,3-4,6-8H2,1-2H3. The molecule has 0 unspecified atom stereocenters. The van der Waals surface area contributed by atoms with E-state index >= 15 is 0 Å². The number of hydrogen-bond donors (Lipinski definition) is 1. The van der Waals surface area contributed by atoms with E-state index in [1.165, 1.54) is 0 Å². The number of carbonyl (C=O) groups is 1. The van der Waals surface area contributed by atoms with Crippen LogP contribution in [-0.2, 0) is 11.2 Å². The Hall–Kier alpha value is -1.62. The molecule has 1 aromatic heterocycles. The highest BCUT2D eigenvalue weighted by atomic mass is 16.5. The molecule has 0 spiro atoms. The summed E-state index contributed by atoms with van der Waals surface area (Å²) in [5.74, 6) is 1.53. The van der Waals surface area contributed by atoms with Crippen LogP contribution in [0.3, 0.4) is 0 Å². The number of aliphatic hydroxyl groups is 1. The monoisotopic (exact) mass is 276 g/mol. The van der Waals surface area contributed by atoms with Crippen molar-refractivity contribution in [1.29, 1.82) is 0 Å². The molecular weight excluding hydrogens is 256 g/mol. The zero-order valence-corrected chi connectivity index (χ0v) is 11.9. The highest BCUT2D eigenvalue weighted by molar-refractivity contribution is 6.01. The Morgan fingerprint density at radius 1 is 1.55 bits per heavy atom. The van der Waals surface area contributed by atoms with Gasteiger partial charge in [0.05, 0.1) is 24.8 Å². The van der Waals surface area contributed by atoms with E-state index < -0.39 is 5.60 Å². The maximum Gasteiger partial charge on any atom is 0.232 e. The summed E-state index contributed by atoms with van der Waals surface area (Å²) in [6, 6.07) is 1.99. The highest BCUT2D eigenvalue weighted by Crippen LogP contribution is 2.41. The molecule has 2 aliphatic rings. The second-order valence-corrected chi connectivity index (χ2v) is 6.00. The van der Waals surface area contributed by atoms with E-state index in [1.807, 2.05) is 6.07 Å². The topological polar surface area (TPSA) is 62.7 Å². The zero-order valence-electron chi connectivity index (χ0n) is 11.9. The van der Waals surface area contributed by atoms with Gasteiger partial charge in [-0.1, -0.05) is 6.92 Å². The second-order valence-electron chi connectivity index (χ2n) is 6.00. The Morgan fingerprint density at radius 2 is 2.30 bits per heavy atom. The maximum absolute atomic E-state index is 12.2. The van der Waals surface area contributed by atoms with Gasteiger partial charge in [0.25, 0.3) is 0 Å². The van der Waals surface area contributed by atoms with E-state index in [-0.39, 0.29) is 11.9 Å². The van der Waals surface area contributed by atoms with Crippen LogP contribution in [0.5, 0.6) is 5.75 Å². The van der Waals surface area contributed by atoms with Crippen molar-refractivity contribution < 1.29 is 14.6 Å². The van der Waals surface area contributed by atoms with E-state index in [1.54, 1.807) is 18.0 Å². The number of fused-ring (bicyclic) bond motifs is 1. The van der Waals surface area contributed by atoms with E-state index in [2.05, 4.69) is 11.9 Å². The molecule has 3 rings (SSSR count). The quantitative estimate of drug-likeness (QED) is 0.908. The van der Waals surface area contributed by atoms with Gasteiger partial charge in [-0.25, -0.2) is 4.98 Å².